The van der Waals surface area contributed by atoms with Crippen LogP contribution in [-0.2, 0) is 17.8 Å². The molecule has 1 aromatic carbocycles. The number of nitrogens with one attached hydrogen (secondary N) is 1. The molecule has 7 nitrogen and oxygen atoms in total. The van der Waals surface area contributed by atoms with Crippen molar-refractivity contribution in [1.82, 2.24) is 20.2 Å². The van der Waals surface area contributed by atoms with Crippen molar-refractivity contribution in [2.75, 3.05) is 13.1 Å². The van der Waals surface area contributed by atoms with E-state index in [9.17, 15) is 4.79 Å². The van der Waals surface area contributed by atoms with Gasteiger partial charge in [0.05, 0.1) is 13.1 Å². The largest absolute Gasteiger partial charge is 0.369 e. The third kappa shape index (κ3) is 4.22. The second-order valence-corrected chi connectivity index (χ2v) is 6.79. The molecule has 0 saturated carbocycles. The van der Waals surface area contributed by atoms with E-state index in [1.165, 1.54) is 10.5 Å². The van der Waals surface area contributed by atoms with E-state index in [4.69, 9.17) is 5.73 Å². The van der Waals surface area contributed by atoms with Gasteiger partial charge in [0.1, 0.15) is 6.04 Å². The van der Waals surface area contributed by atoms with Crippen LogP contribution < -0.4 is 10.6 Å². The maximum Gasteiger partial charge on any atom is 0.220 e. The number of carbonyl (C=O) groups excluding carboxylic acids is 1. The van der Waals surface area contributed by atoms with Gasteiger partial charge in [-0.15, -0.1) is 5.10 Å². The first-order chi connectivity index (χ1) is 12.2. The number of hydrogen-bond acceptors (Lipinski definition) is 4. The van der Waals surface area contributed by atoms with Crippen molar-refractivity contribution in [2.45, 2.75) is 45.2 Å². The summed E-state index contributed by atoms with van der Waals surface area (Å²) in [4.78, 5) is 12.8. The van der Waals surface area contributed by atoms with E-state index in [2.05, 4.69) is 46.7 Å². The van der Waals surface area contributed by atoms with E-state index in [1.54, 1.807) is 0 Å². The average Bonchev–Trinajstić information content (AvgIpc) is 3.10. The third-order valence-corrected chi connectivity index (χ3v) is 5.26. The highest BCUT2D eigenvalue weighted by Gasteiger charge is 2.33. The van der Waals surface area contributed by atoms with Crippen molar-refractivity contribution < 1.29 is 9.69 Å². The van der Waals surface area contributed by atoms with Crippen LogP contribution in [0.4, 0.5) is 0 Å². The molecule has 0 spiro atoms. The normalized spacial score (nSPS) is 21.8. The Morgan fingerprint density at radius 3 is 2.68 bits per heavy atom. The zero-order valence-electron chi connectivity index (χ0n) is 14.8. The molecule has 1 saturated heterocycles. The molecule has 0 unspecified atom stereocenters. The number of likely N-dealkylation sites (tertiary alicyclic amines) is 1. The number of nitrogens with two attached hydrogens (primary N) is 1. The molecule has 2 heterocycles. The van der Waals surface area contributed by atoms with Gasteiger partial charge in [-0.1, -0.05) is 37.3 Å². The smallest absolute Gasteiger partial charge is 0.220 e. The highest BCUT2D eigenvalue weighted by molar-refractivity contribution is 5.76. The molecule has 134 valence electrons. The first kappa shape index (κ1) is 17.5. The summed E-state index contributed by atoms with van der Waals surface area (Å²) in [5, 5.41) is 12.4. The van der Waals surface area contributed by atoms with Crippen LogP contribution in [0.5, 0.6) is 0 Å². The highest BCUT2D eigenvalue weighted by Crippen LogP contribution is 2.15. The zero-order valence-corrected chi connectivity index (χ0v) is 14.8. The number of primary amides is 1. The van der Waals surface area contributed by atoms with E-state index in [0.29, 0.717) is 0 Å². The predicted molar refractivity (Wildman–Crippen MR) is 93.6 cm³/mol. The molecule has 3 N–H and O–H groups in total. The maximum atomic E-state index is 11.4. The average molecular weight is 343 g/mol. The topological polar surface area (TPSA) is 91.1 Å². The van der Waals surface area contributed by atoms with Gasteiger partial charge in [0.15, 0.2) is 0 Å². The lowest BCUT2D eigenvalue weighted by atomic mass is 9.94. The summed E-state index contributed by atoms with van der Waals surface area (Å²) >= 11 is 0. The maximum absolute atomic E-state index is 11.4. The van der Waals surface area contributed by atoms with E-state index >= 15 is 0 Å². The van der Waals surface area contributed by atoms with Crippen LogP contribution in [0.25, 0.3) is 0 Å². The van der Waals surface area contributed by atoms with Crippen molar-refractivity contribution in [3.05, 3.63) is 41.7 Å². The Hall–Kier alpha value is -2.28. The van der Waals surface area contributed by atoms with Gasteiger partial charge in [0.2, 0.25) is 11.7 Å². The molecule has 2 aromatic rings. The summed E-state index contributed by atoms with van der Waals surface area (Å²) in [6, 6.07) is 10.6. The standard InChI is InChI=1S/C18H26N6O/c1-2-16(23-11-9-15(10-12-23)17(19)25)18-20-21-22-24(18)13-8-14-6-4-3-5-7-14/h3-7,15-16H,2,8-13H2,1H3,(H2,19,25)/p+1/t16-/m0/s1. The fourth-order valence-corrected chi connectivity index (χ4v) is 3.78. The van der Waals surface area contributed by atoms with E-state index in [-0.39, 0.29) is 17.9 Å². The summed E-state index contributed by atoms with van der Waals surface area (Å²) in [6.45, 7) is 4.84. The number of aryl methyl sites for hydroxylation is 2. The summed E-state index contributed by atoms with van der Waals surface area (Å²) < 4.78 is 1.94. The van der Waals surface area contributed by atoms with E-state index < -0.39 is 0 Å². The number of piperidine rings is 1. The van der Waals surface area contributed by atoms with Gasteiger partial charge < -0.3 is 10.6 Å². The van der Waals surface area contributed by atoms with Gasteiger partial charge in [0.25, 0.3) is 0 Å². The molecule has 1 aliphatic heterocycles. The summed E-state index contributed by atoms with van der Waals surface area (Å²) in [5.74, 6) is 0.807. The van der Waals surface area contributed by atoms with Crippen molar-refractivity contribution in [3.63, 3.8) is 0 Å². The Morgan fingerprint density at radius 2 is 2.04 bits per heavy atom. The number of hydrogen-bond donors (Lipinski definition) is 2. The Balaban J connectivity index is 1.66. The van der Waals surface area contributed by atoms with Gasteiger partial charge in [-0.05, 0) is 22.4 Å². The van der Waals surface area contributed by atoms with Gasteiger partial charge >= 0.3 is 0 Å². The summed E-state index contributed by atoms with van der Waals surface area (Å²) in [6.07, 6.45) is 3.59. The number of aromatic nitrogens is 4. The SMILES string of the molecule is CC[C@@H](c1nnnn1CCc1ccccc1)[NH+]1CCC(C(N)=O)CC1. The molecular weight excluding hydrogens is 316 g/mol. The molecular formula is C18H27N6O+. The Morgan fingerprint density at radius 1 is 1.32 bits per heavy atom. The van der Waals surface area contributed by atoms with Gasteiger partial charge in [0, 0.05) is 31.7 Å². The van der Waals surface area contributed by atoms with Crippen molar-refractivity contribution in [2.24, 2.45) is 11.7 Å². The van der Waals surface area contributed by atoms with Crippen molar-refractivity contribution in [3.8, 4) is 0 Å². The zero-order chi connectivity index (χ0) is 17.6. The second-order valence-electron chi connectivity index (χ2n) is 6.79. The van der Waals surface area contributed by atoms with Gasteiger partial charge in [-0.3, -0.25) is 4.79 Å². The molecule has 0 bridgehead atoms. The first-order valence-electron chi connectivity index (χ1n) is 9.13. The minimum Gasteiger partial charge on any atom is -0.369 e. The quantitative estimate of drug-likeness (QED) is 0.748. The lowest BCUT2D eigenvalue weighted by Gasteiger charge is -2.32. The van der Waals surface area contributed by atoms with Gasteiger partial charge in [-0.2, -0.15) is 0 Å². The number of amides is 1. The third-order valence-electron chi connectivity index (χ3n) is 5.26. The Labute approximate surface area is 148 Å². The van der Waals surface area contributed by atoms with Crippen molar-refractivity contribution in [1.29, 1.82) is 0 Å². The van der Waals surface area contributed by atoms with Gasteiger partial charge in [-0.25, -0.2) is 4.68 Å². The van der Waals surface area contributed by atoms with Crippen LogP contribution in [0, 0.1) is 5.92 Å². The van der Waals surface area contributed by atoms with E-state index in [0.717, 1.165) is 51.1 Å². The number of quaternary nitrogens is 1. The monoisotopic (exact) mass is 343 g/mol. The lowest BCUT2D eigenvalue weighted by molar-refractivity contribution is -0.938. The van der Waals surface area contributed by atoms with Crippen molar-refractivity contribution >= 4 is 5.91 Å². The number of benzene rings is 1. The first-order valence-corrected chi connectivity index (χ1v) is 9.13. The molecule has 7 heteroatoms. The highest BCUT2D eigenvalue weighted by atomic mass is 16.1. The van der Waals surface area contributed by atoms with E-state index in [1.807, 2.05) is 10.7 Å². The summed E-state index contributed by atoms with van der Waals surface area (Å²) in [7, 11) is 0. The Bertz CT molecular complexity index is 678. The number of tetrazole rings is 1. The molecule has 0 aliphatic carbocycles. The predicted octanol–water partition coefficient (Wildman–Crippen LogP) is 0.147. The molecule has 0 radical (unpaired) electrons. The molecule has 1 fully saturated rings. The minimum atomic E-state index is -0.167. The molecule has 25 heavy (non-hydrogen) atoms. The van der Waals surface area contributed by atoms with Crippen LogP contribution in [-0.4, -0.2) is 39.2 Å². The fourth-order valence-electron chi connectivity index (χ4n) is 3.78. The van der Waals surface area contributed by atoms with Crippen LogP contribution in [0.1, 0.15) is 43.6 Å². The molecule has 1 amide bonds. The fraction of sp³-hybridized carbons (Fsp3) is 0.556. The van der Waals surface area contributed by atoms with Crippen LogP contribution in [0.15, 0.2) is 30.3 Å². The number of rotatable bonds is 7. The molecule has 3 rings (SSSR count). The van der Waals surface area contributed by atoms with Crippen LogP contribution >= 0.6 is 0 Å². The summed E-state index contributed by atoms with van der Waals surface area (Å²) in [5.41, 5.74) is 6.73. The molecule has 1 aromatic heterocycles. The number of nitrogens with zero attached hydrogens (tertiary/aromatic N) is 4. The molecule has 1 aliphatic rings. The molecule has 1 atom stereocenters. The second kappa shape index (κ2) is 8.20. The lowest BCUT2D eigenvalue weighted by Crippen LogP contribution is -3.13. The van der Waals surface area contributed by atoms with Crippen LogP contribution in [0.3, 0.4) is 0 Å². The minimum absolute atomic E-state index is 0.0235. The Kier molecular flexibility index (Phi) is 5.75. The number of carbonyl (C=O) groups is 1. The van der Waals surface area contributed by atoms with Crippen LogP contribution in [0.2, 0.25) is 0 Å².